The van der Waals surface area contributed by atoms with Crippen LogP contribution < -0.4 is 20.1 Å². The second-order valence-electron chi connectivity index (χ2n) is 6.54. The van der Waals surface area contributed by atoms with Gasteiger partial charge < -0.3 is 15.2 Å². The normalized spacial score (nSPS) is 24.2. The van der Waals surface area contributed by atoms with Crippen molar-refractivity contribution in [2.75, 3.05) is 24.8 Å². The minimum atomic E-state index is -0.480. The molecule has 3 aliphatic rings. The van der Waals surface area contributed by atoms with Crippen molar-refractivity contribution in [1.82, 2.24) is 4.90 Å². The van der Waals surface area contributed by atoms with Crippen LogP contribution in [0.2, 0.25) is 0 Å². The van der Waals surface area contributed by atoms with E-state index in [0.717, 1.165) is 0 Å². The van der Waals surface area contributed by atoms with Gasteiger partial charge in [-0.25, -0.2) is 4.90 Å². The van der Waals surface area contributed by atoms with Crippen molar-refractivity contribution in [2.45, 2.75) is 25.3 Å². The van der Waals surface area contributed by atoms with E-state index in [-0.39, 0.29) is 36.9 Å². The Hall–Kier alpha value is -2.61. The third-order valence-corrected chi connectivity index (χ3v) is 5.11. The SMILES string of the molecule is NC(=O)C1CCN([C@@H]2CC(=O)N(c3ccc4c(c3)OCO4)C2=O)CC1. The molecule has 1 aromatic rings. The van der Waals surface area contributed by atoms with Crippen molar-refractivity contribution < 1.29 is 23.9 Å². The van der Waals surface area contributed by atoms with Gasteiger partial charge in [-0.2, -0.15) is 0 Å². The fraction of sp³-hybridized carbons (Fsp3) is 0.471. The Balaban J connectivity index is 1.50. The highest BCUT2D eigenvalue weighted by Crippen LogP contribution is 2.37. The molecule has 0 unspecified atom stereocenters. The third kappa shape index (κ3) is 2.72. The fourth-order valence-corrected chi connectivity index (χ4v) is 3.69. The zero-order valence-corrected chi connectivity index (χ0v) is 13.6. The first-order valence-electron chi connectivity index (χ1n) is 8.34. The number of piperidine rings is 1. The van der Waals surface area contributed by atoms with Gasteiger partial charge in [0.25, 0.3) is 5.91 Å². The number of imide groups is 1. The maximum Gasteiger partial charge on any atom is 0.251 e. The largest absolute Gasteiger partial charge is 0.454 e. The van der Waals surface area contributed by atoms with Crippen LogP contribution in [0.5, 0.6) is 11.5 Å². The first kappa shape index (κ1) is 15.9. The molecule has 3 heterocycles. The Morgan fingerprint density at radius 3 is 2.56 bits per heavy atom. The molecule has 2 fully saturated rings. The predicted molar refractivity (Wildman–Crippen MR) is 87.0 cm³/mol. The van der Waals surface area contributed by atoms with Gasteiger partial charge in [-0.05, 0) is 38.1 Å². The smallest absolute Gasteiger partial charge is 0.251 e. The van der Waals surface area contributed by atoms with E-state index in [1.54, 1.807) is 18.2 Å². The Bertz CT molecular complexity index is 742. The van der Waals surface area contributed by atoms with Crippen molar-refractivity contribution in [3.8, 4) is 11.5 Å². The number of ether oxygens (including phenoxy) is 2. The van der Waals surface area contributed by atoms with E-state index >= 15 is 0 Å². The molecular weight excluding hydrogens is 326 g/mol. The molecule has 1 aromatic carbocycles. The summed E-state index contributed by atoms with van der Waals surface area (Å²) in [5.41, 5.74) is 5.84. The molecule has 3 amide bonds. The minimum Gasteiger partial charge on any atom is -0.454 e. The van der Waals surface area contributed by atoms with Crippen LogP contribution in [0.25, 0.3) is 0 Å². The van der Waals surface area contributed by atoms with Gasteiger partial charge in [0.1, 0.15) is 0 Å². The van der Waals surface area contributed by atoms with E-state index in [0.29, 0.717) is 43.1 Å². The first-order chi connectivity index (χ1) is 12.0. The molecule has 0 saturated carbocycles. The molecule has 0 bridgehead atoms. The van der Waals surface area contributed by atoms with Crippen LogP contribution in [-0.2, 0) is 14.4 Å². The van der Waals surface area contributed by atoms with Gasteiger partial charge in [0.2, 0.25) is 18.6 Å². The topological polar surface area (TPSA) is 102 Å². The number of likely N-dealkylation sites (tertiary alicyclic amines) is 1. The summed E-state index contributed by atoms with van der Waals surface area (Å²) >= 11 is 0. The van der Waals surface area contributed by atoms with Crippen LogP contribution >= 0.6 is 0 Å². The summed E-state index contributed by atoms with van der Waals surface area (Å²) < 4.78 is 10.6. The number of benzene rings is 1. The van der Waals surface area contributed by atoms with E-state index in [2.05, 4.69) is 0 Å². The number of carbonyl (C=O) groups excluding carboxylic acids is 3. The Kier molecular flexibility index (Phi) is 3.84. The van der Waals surface area contributed by atoms with E-state index in [4.69, 9.17) is 15.2 Å². The number of fused-ring (bicyclic) bond motifs is 1. The highest BCUT2D eigenvalue weighted by molar-refractivity contribution is 6.22. The van der Waals surface area contributed by atoms with Crippen LogP contribution in [0, 0.1) is 5.92 Å². The Labute approximate surface area is 144 Å². The lowest BCUT2D eigenvalue weighted by molar-refractivity contribution is -0.124. The molecule has 25 heavy (non-hydrogen) atoms. The van der Waals surface area contributed by atoms with Crippen LogP contribution in [0.3, 0.4) is 0 Å². The molecule has 1 atom stereocenters. The average Bonchev–Trinajstić information content (AvgIpc) is 3.18. The van der Waals surface area contributed by atoms with Crippen molar-refractivity contribution in [3.05, 3.63) is 18.2 Å². The summed E-state index contributed by atoms with van der Waals surface area (Å²) in [6.07, 6.45) is 1.39. The lowest BCUT2D eigenvalue weighted by Crippen LogP contribution is -2.47. The molecule has 0 aliphatic carbocycles. The Morgan fingerprint density at radius 2 is 1.84 bits per heavy atom. The van der Waals surface area contributed by atoms with Gasteiger partial charge in [0, 0.05) is 12.0 Å². The second kappa shape index (κ2) is 6.03. The molecule has 0 spiro atoms. The average molecular weight is 345 g/mol. The van der Waals surface area contributed by atoms with E-state index in [1.807, 2.05) is 4.90 Å². The molecule has 4 rings (SSSR count). The van der Waals surface area contributed by atoms with Gasteiger partial charge in [-0.1, -0.05) is 0 Å². The lowest BCUT2D eigenvalue weighted by atomic mass is 9.95. The fourth-order valence-electron chi connectivity index (χ4n) is 3.69. The van der Waals surface area contributed by atoms with E-state index < -0.39 is 6.04 Å². The maximum atomic E-state index is 12.8. The van der Waals surface area contributed by atoms with Crippen molar-refractivity contribution in [1.29, 1.82) is 0 Å². The predicted octanol–water partition coefficient (Wildman–Crippen LogP) is 0.244. The molecule has 0 aromatic heterocycles. The van der Waals surface area contributed by atoms with Gasteiger partial charge >= 0.3 is 0 Å². The molecule has 132 valence electrons. The van der Waals surface area contributed by atoms with Crippen LogP contribution in [0.15, 0.2) is 18.2 Å². The Morgan fingerprint density at radius 1 is 1.12 bits per heavy atom. The molecule has 8 heteroatoms. The number of carbonyl (C=O) groups is 3. The van der Waals surface area contributed by atoms with Crippen molar-refractivity contribution >= 4 is 23.4 Å². The van der Waals surface area contributed by atoms with Crippen molar-refractivity contribution in [2.24, 2.45) is 11.7 Å². The van der Waals surface area contributed by atoms with Crippen molar-refractivity contribution in [3.63, 3.8) is 0 Å². The number of anilines is 1. The monoisotopic (exact) mass is 345 g/mol. The van der Waals surface area contributed by atoms with Gasteiger partial charge in [-0.3, -0.25) is 19.3 Å². The number of rotatable bonds is 3. The van der Waals surface area contributed by atoms with Crippen LogP contribution in [0.4, 0.5) is 5.69 Å². The van der Waals surface area contributed by atoms with Crippen LogP contribution in [-0.4, -0.2) is 48.5 Å². The highest BCUT2D eigenvalue weighted by atomic mass is 16.7. The zero-order chi connectivity index (χ0) is 17.6. The zero-order valence-electron chi connectivity index (χ0n) is 13.6. The van der Waals surface area contributed by atoms with Gasteiger partial charge in [0.15, 0.2) is 11.5 Å². The first-order valence-corrected chi connectivity index (χ1v) is 8.34. The third-order valence-electron chi connectivity index (χ3n) is 5.11. The molecule has 3 aliphatic heterocycles. The van der Waals surface area contributed by atoms with Crippen LogP contribution in [0.1, 0.15) is 19.3 Å². The number of nitrogens with two attached hydrogens (primary N) is 1. The summed E-state index contributed by atoms with van der Waals surface area (Å²) in [5, 5.41) is 0. The quantitative estimate of drug-likeness (QED) is 0.788. The second-order valence-corrected chi connectivity index (χ2v) is 6.54. The van der Waals surface area contributed by atoms with E-state index in [9.17, 15) is 14.4 Å². The van der Waals surface area contributed by atoms with Gasteiger partial charge in [-0.15, -0.1) is 0 Å². The lowest BCUT2D eigenvalue weighted by Gasteiger charge is -2.33. The standard InChI is InChI=1S/C17H19N3O5/c18-16(22)10-3-5-19(6-4-10)12-8-15(21)20(17(12)23)11-1-2-13-14(7-11)25-9-24-13/h1-2,7,10,12H,3-6,8-9H2,(H2,18,22)/t12-/m1/s1. The number of hydrogen-bond donors (Lipinski definition) is 1. The summed E-state index contributed by atoms with van der Waals surface area (Å²) in [6, 6.07) is 4.56. The maximum absolute atomic E-state index is 12.8. The minimum absolute atomic E-state index is 0.137. The summed E-state index contributed by atoms with van der Waals surface area (Å²) in [7, 11) is 0. The molecule has 8 nitrogen and oxygen atoms in total. The number of primary amides is 1. The number of hydrogen-bond acceptors (Lipinski definition) is 6. The molecule has 2 saturated heterocycles. The summed E-state index contributed by atoms with van der Waals surface area (Å²) in [5.74, 6) is 0.230. The molecule has 0 radical (unpaired) electrons. The molecular formula is C17H19N3O5. The molecule has 2 N–H and O–H groups in total. The summed E-state index contributed by atoms with van der Waals surface area (Å²) in [4.78, 5) is 39.7. The summed E-state index contributed by atoms with van der Waals surface area (Å²) in [6.45, 7) is 1.32. The van der Waals surface area contributed by atoms with Gasteiger partial charge in [0.05, 0.1) is 18.2 Å². The number of nitrogens with zero attached hydrogens (tertiary/aromatic N) is 2. The number of amides is 3. The highest BCUT2D eigenvalue weighted by Gasteiger charge is 2.44. The van der Waals surface area contributed by atoms with E-state index in [1.165, 1.54) is 4.90 Å².